The second-order valence-electron chi connectivity index (χ2n) is 3.20. The Hall–Kier alpha value is -0.0800. The Morgan fingerprint density at radius 1 is 1.08 bits per heavy atom. The minimum atomic E-state index is 0.853. The van der Waals surface area contributed by atoms with E-state index in [1.165, 1.54) is 39.0 Å². The molecule has 0 saturated carbocycles. The maximum absolute atomic E-state index is 3.39. The van der Waals surface area contributed by atoms with Crippen molar-refractivity contribution in [2.75, 3.05) is 26.2 Å². The number of nitrogens with one attached hydrogen (secondary N) is 1. The molecule has 0 unspecified atom stereocenters. The van der Waals surface area contributed by atoms with Crippen LogP contribution in [0.2, 0.25) is 0 Å². The third-order valence-electron chi connectivity index (χ3n) is 2.64. The smallest absolute Gasteiger partial charge is 0.0119 e. The highest BCUT2D eigenvalue weighted by Gasteiger charge is 2.17. The van der Waals surface area contributed by atoms with Gasteiger partial charge in [0.2, 0.25) is 0 Å². The van der Waals surface area contributed by atoms with Gasteiger partial charge in [-0.25, -0.2) is 0 Å². The molecule has 2 nitrogen and oxygen atoms in total. The molecule has 1 rings (SSSR count). The molecule has 0 aromatic rings. The summed E-state index contributed by atoms with van der Waals surface area (Å²) in [5.74, 6) is 0. The molecule has 0 aromatic heterocycles. The molecule has 0 atom stereocenters. The highest BCUT2D eigenvalue weighted by molar-refractivity contribution is 4.76. The summed E-state index contributed by atoms with van der Waals surface area (Å²) in [6.07, 6.45) is 2.67. The van der Waals surface area contributed by atoms with Crippen LogP contribution in [-0.4, -0.2) is 37.1 Å². The van der Waals surface area contributed by atoms with Gasteiger partial charge in [0.1, 0.15) is 0 Å². The van der Waals surface area contributed by atoms with Crippen LogP contribution in [0.25, 0.3) is 0 Å². The van der Waals surface area contributed by atoms with E-state index in [9.17, 15) is 0 Å². The molecule has 2 heteroatoms. The molecule has 1 N–H and O–H groups in total. The zero-order valence-electron chi connectivity index (χ0n) is 9.77. The normalized spacial score (nSPS) is 18.2. The molecular formula is C11H26N2. The molecule has 1 fully saturated rings. The first-order valence-electron chi connectivity index (χ1n) is 5.83. The minimum Gasteiger partial charge on any atom is -0.317 e. The van der Waals surface area contributed by atoms with Gasteiger partial charge in [0.25, 0.3) is 0 Å². The van der Waals surface area contributed by atoms with Gasteiger partial charge < -0.3 is 10.2 Å². The molecular weight excluding hydrogens is 160 g/mol. The monoisotopic (exact) mass is 186 g/mol. The van der Waals surface area contributed by atoms with Crippen LogP contribution in [0.1, 0.15) is 40.5 Å². The second-order valence-corrected chi connectivity index (χ2v) is 3.20. The van der Waals surface area contributed by atoms with Gasteiger partial charge in [-0.2, -0.15) is 0 Å². The van der Waals surface area contributed by atoms with Crippen LogP contribution in [0.4, 0.5) is 0 Å². The van der Waals surface area contributed by atoms with Crippen LogP contribution in [0, 0.1) is 0 Å². The molecule has 80 valence electrons. The van der Waals surface area contributed by atoms with Gasteiger partial charge in [-0.1, -0.05) is 27.7 Å². The van der Waals surface area contributed by atoms with E-state index >= 15 is 0 Å². The summed E-state index contributed by atoms with van der Waals surface area (Å²) >= 11 is 0. The minimum absolute atomic E-state index is 0.853. The SMILES string of the molecule is CC.CCN(CC)C1CCNCC1. The number of nitrogens with zero attached hydrogens (tertiary/aromatic N) is 1. The third kappa shape index (κ3) is 4.63. The Balaban J connectivity index is 0.000000671. The molecule has 0 aliphatic carbocycles. The maximum atomic E-state index is 3.39. The molecule has 1 heterocycles. The number of hydrogen-bond donors (Lipinski definition) is 1. The van der Waals surface area contributed by atoms with E-state index < -0.39 is 0 Å². The summed E-state index contributed by atoms with van der Waals surface area (Å²) in [5.41, 5.74) is 0. The fraction of sp³-hybridized carbons (Fsp3) is 1.00. The van der Waals surface area contributed by atoms with E-state index in [0.29, 0.717) is 0 Å². The van der Waals surface area contributed by atoms with Crippen LogP contribution in [0.5, 0.6) is 0 Å². The zero-order valence-corrected chi connectivity index (χ0v) is 9.77. The van der Waals surface area contributed by atoms with Crippen molar-refractivity contribution in [2.45, 2.75) is 46.6 Å². The summed E-state index contributed by atoms with van der Waals surface area (Å²) in [6, 6.07) is 0.853. The fourth-order valence-electron chi connectivity index (χ4n) is 1.91. The second kappa shape index (κ2) is 8.52. The highest BCUT2D eigenvalue weighted by Crippen LogP contribution is 2.10. The number of piperidine rings is 1. The largest absolute Gasteiger partial charge is 0.317 e. The van der Waals surface area contributed by atoms with Crippen LogP contribution in [-0.2, 0) is 0 Å². The van der Waals surface area contributed by atoms with Gasteiger partial charge in [0.15, 0.2) is 0 Å². The van der Waals surface area contributed by atoms with E-state index in [1.54, 1.807) is 0 Å². The van der Waals surface area contributed by atoms with Gasteiger partial charge in [-0.05, 0) is 39.0 Å². The molecule has 1 aliphatic heterocycles. The summed E-state index contributed by atoms with van der Waals surface area (Å²) in [4.78, 5) is 2.57. The average molecular weight is 186 g/mol. The van der Waals surface area contributed by atoms with Crippen LogP contribution >= 0.6 is 0 Å². The van der Waals surface area contributed by atoms with Gasteiger partial charge in [0, 0.05) is 6.04 Å². The zero-order chi connectivity index (χ0) is 10.1. The Morgan fingerprint density at radius 2 is 1.54 bits per heavy atom. The van der Waals surface area contributed by atoms with Crippen molar-refractivity contribution >= 4 is 0 Å². The van der Waals surface area contributed by atoms with E-state index in [2.05, 4.69) is 24.1 Å². The Bertz CT molecular complexity index is 94.3. The molecule has 0 aromatic carbocycles. The van der Waals surface area contributed by atoms with E-state index in [4.69, 9.17) is 0 Å². The predicted molar refractivity (Wildman–Crippen MR) is 60.2 cm³/mol. The lowest BCUT2D eigenvalue weighted by molar-refractivity contribution is 0.178. The Labute approximate surface area is 83.7 Å². The molecule has 13 heavy (non-hydrogen) atoms. The van der Waals surface area contributed by atoms with Crippen molar-refractivity contribution in [3.8, 4) is 0 Å². The number of rotatable bonds is 3. The summed E-state index contributed by atoms with van der Waals surface area (Å²) in [7, 11) is 0. The van der Waals surface area contributed by atoms with Gasteiger partial charge in [-0.3, -0.25) is 0 Å². The van der Waals surface area contributed by atoms with Crippen molar-refractivity contribution < 1.29 is 0 Å². The van der Waals surface area contributed by atoms with Crippen LogP contribution in [0.3, 0.4) is 0 Å². The van der Waals surface area contributed by atoms with Crippen molar-refractivity contribution in [2.24, 2.45) is 0 Å². The lowest BCUT2D eigenvalue weighted by atomic mass is 10.1. The quantitative estimate of drug-likeness (QED) is 0.726. The summed E-state index contributed by atoms with van der Waals surface area (Å²) < 4.78 is 0. The lowest BCUT2D eigenvalue weighted by Crippen LogP contribution is -2.42. The van der Waals surface area contributed by atoms with E-state index in [1.807, 2.05) is 13.8 Å². The number of hydrogen-bond acceptors (Lipinski definition) is 2. The Morgan fingerprint density at radius 3 is 1.92 bits per heavy atom. The standard InChI is InChI=1S/C9H20N2.C2H6/c1-3-11(4-2)9-5-7-10-8-6-9;1-2/h9-10H,3-8H2,1-2H3;1-2H3. The van der Waals surface area contributed by atoms with Crippen LogP contribution in [0.15, 0.2) is 0 Å². The lowest BCUT2D eigenvalue weighted by Gasteiger charge is -2.32. The molecule has 1 aliphatic rings. The average Bonchev–Trinajstić information content (AvgIpc) is 2.24. The molecule has 0 amide bonds. The first-order valence-corrected chi connectivity index (χ1v) is 5.83. The topological polar surface area (TPSA) is 15.3 Å². The van der Waals surface area contributed by atoms with E-state index in [-0.39, 0.29) is 0 Å². The van der Waals surface area contributed by atoms with E-state index in [0.717, 1.165) is 6.04 Å². The predicted octanol–water partition coefficient (Wildman–Crippen LogP) is 2.11. The van der Waals surface area contributed by atoms with Crippen molar-refractivity contribution in [3.05, 3.63) is 0 Å². The molecule has 0 radical (unpaired) electrons. The first-order chi connectivity index (χ1) is 6.38. The maximum Gasteiger partial charge on any atom is 0.0119 e. The highest BCUT2D eigenvalue weighted by atomic mass is 15.2. The third-order valence-corrected chi connectivity index (χ3v) is 2.64. The van der Waals surface area contributed by atoms with Crippen LogP contribution < -0.4 is 5.32 Å². The van der Waals surface area contributed by atoms with Crippen molar-refractivity contribution in [1.82, 2.24) is 10.2 Å². The molecule has 0 bridgehead atoms. The van der Waals surface area contributed by atoms with Crippen molar-refractivity contribution in [1.29, 1.82) is 0 Å². The van der Waals surface area contributed by atoms with Gasteiger partial charge in [-0.15, -0.1) is 0 Å². The van der Waals surface area contributed by atoms with Gasteiger partial charge in [0.05, 0.1) is 0 Å². The Kier molecular flexibility index (Phi) is 8.46. The summed E-state index contributed by atoms with van der Waals surface area (Å²) in [6.45, 7) is 13.3. The summed E-state index contributed by atoms with van der Waals surface area (Å²) in [5, 5.41) is 3.39. The molecule has 0 spiro atoms. The fourth-order valence-corrected chi connectivity index (χ4v) is 1.91. The first kappa shape index (κ1) is 12.9. The molecule has 1 saturated heterocycles. The van der Waals surface area contributed by atoms with Crippen molar-refractivity contribution in [3.63, 3.8) is 0 Å². The van der Waals surface area contributed by atoms with Gasteiger partial charge >= 0.3 is 0 Å².